The lowest BCUT2D eigenvalue weighted by Gasteiger charge is -1.99. The molecule has 72 valence electrons. The number of phenols is 1. The number of aromatic hydroxyl groups is 1. The van der Waals surface area contributed by atoms with Gasteiger partial charge < -0.3 is 21.1 Å². The summed E-state index contributed by atoms with van der Waals surface area (Å²) in [6.45, 7) is 0. The van der Waals surface area contributed by atoms with Gasteiger partial charge >= 0.3 is 0 Å². The van der Waals surface area contributed by atoms with E-state index in [1.54, 1.807) is 12.1 Å². The van der Waals surface area contributed by atoms with Gasteiger partial charge in [0.1, 0.15) is 5.75 Å². The monoisotopic (exact) mass is 192 g/mol. The quantitative estimate of drug-likeness (QED) is 0.570. The van der Waals surface area contributed by atoms with Gasteiger partial charge in [-0.2, -0.15) is 4.98 Å². The third-order valence-corrected chi connectivity index (χ3v) is 1.69. The van der Waals surface area contributed by atoms with E-state index in [0.717, 1.165) is 0 Å². The molecule has 0 aliphatic carbocycles. The van der Waals surface area contributed by atoms with Crippen molar-refractivity contribution in [3.63, 3.8) is 0 Å². The average Bonchev–Trinajstić information content (AvgIpc) is 2.51. The first-order valence-corrected chi connectivity index (χ1v) is 3.85. The van der Waals surface area contributed by atoms with E-state index in [2.05, 4.69) is 10.1 Å². The molecule has 0 saturated carbocycles. The van der Waals surface area contributed by atoms with Gasteiger partial charge in [-0.05, 0) is 17.3 Å². The molecule has 1 heterocycles. The van der Waals surface area contributed by atoms with Crippen molar-refractivity contribution in [3.8, 4) is 17.2 Å². The van der Waals surface area contributed by atoms with Crippen LogP contribution in [0.3, 0.4) is 0 Å². The number of nitrogens with two attached hydrogens (primary N) is 2. The Morgan fingerprint density at radius 1 is 1.29 bits per heavy atom. The van der Waals surface area contributed by atoms with Crippen molar-refractivity contribution >= 4 is 11.6 Å². The zero-order valence-corrected chi connectivity index (χ0v) is 7.14. The molecule has 0 bridgehead atoms. The van der Waals surface area contributed by atoms with Gasteiger partial charge in [0, 0.05) is 11.8 Å². The van der Waals surface area contributed by atoms with Crippen LogP contribution in [0.25, 0.3) is 11.5 Å². The number of hydrogen-bond donors (Lipinski definition) is 3. The van der Waals surface area contributed by atoms with Gasteiger partial charge in [-0.3, -0.25) is 0 Å². The summed E-state index contributed by atoms with van der Waals surface area (Å²) in [5, 5.41) is 12.9. The molecule has 0 radical (unpaired) electrons. The van der Waals surface area contributed by atoms with Crippen molar-refractivity contribution in [3.05, 3.63) is 18.2 Å². The summed E-state index contributed by atoms with van der Waals surface area (Å²) in [6, 6.07) is 4.60. The summed E-state index contributed by atoms with van der Waals surface area (Å²) in [5.41, 5.74) is 11.6. The maximum atomic E-state index is 9.51. The summed E-state index contributed by atoms with van der Waals surface area (Å²) in [7, 11) is 0. The van der Waals surface area contributed by atoms with E-state index in [1.807, 2.05) is 0 Å². The number of aromatic nitrogens is 2. The second kappa shape index (κ2) is 2.91. The molecule has 5 N–H and O–H groups in total. The van der Waals surface area contributed by atoms with Gasteiger partial charge in [-0.15, -0.1) is 0 Å². The summed E-state index contributed by atoms with van der Waals surface area (Å²) in [5.74, 6) is 0.171. The number of phenolic OH excluding ortho intramolecular Hbond substituents is 1. The van der Waals surface area contributed by atoms with Gasteiger partial charge in [-0.25, -0.2) is 0 Å². The highest BCUT2D eigenvalue weighted by atomic mass is 16.5. The van der Waals surface area contributed by atoms with E-state index < -0.39 is 0 Å². The zero-order valence-electron chi connectivity index (χ0n) is 7.14. The Balaban J connectivity index is 2.52. The predicted octanol–water partition coefficient (Wildman–Crippen LogP) is 0.607. The Morgan fingerprint density at radius 2 is 2.07 bits per heavy atom. The highest BCUT2D eigenvalue weighted by Crippen LogP contribution is 2.29. The Hall–Kier alpha value is -2.24. The normalized spacial score (nSPS) is 10.3. The minimum Gasteiger partial charge on any atom is -0.507 e. The fourth-order valence-electron chi connectivity index (χ4n) is 1.07. The molecule has 0 atom stereocenters. The molecule has 6 nitrogen and oxygen atoms in total. The number of hydrogen-bond acceptors (Lipinski definition) is 6. The van der Waals surface area contributed by atoms with E-state index in [4.69, 9.17) is 16.0 Å². The summed E-state index contributed by atoms with van der Waals surface area (Å²) < 4.78 is 4.78. The fourth-order valence-corrected chi connectivity index (χ4v) is 1.07. The van der Waals surface area contributed by atoms with Crippen LogP contribution in [0.15, 0.2) is 22.7 Å². The summed E-state index contributed by atoms with van der Waals surface area (Å²) in [6.07, 6.45) is 0. The molecule has 2 aromatic rings. The molecule has 0 amide bonds. The van der Waals surface area contributed by atoms with Crippen LogP contribution in [-0.2, 0) is 0 Å². The van der Waals surface area contributed by atoms with Crippen LogP contribution in [0, 0.1) is 0 Å². The van der Waals surface area contributed by atoms with Gasteiger partial charge in [0.15, 0.2) is 0 Å². The van der Waals surface area contributed by atoms with Crippen LogP contribution >= 0.6 is 0 Å². The van der Waals surface area contributed by atoms with Gasteiger partial charge in [-0.1, -0.05) is 0 Å². The van der Waals surface area contributed by atoms with Crippen molar-refractivity contribution < 1.29 is 9.63 Å². The van der Waals surface area contributed by atoms with Crippen molar-refractivity contribution in [1.82, 2.24) is 10.1 Å². The molecular weight excluding hydrogens is 184 g/mol. The number of nitrogens with zero attached hydrogens (tertiary/aromatic N) is 2. The fraction of sp³-hybridized carbons (Fsp3) is 0. The maximum Gasteiger partial charge on any atom is 0.263 e. The van der Waals surface area contributed by atoms with Crippen LogP contribution in [0.2, 0.25) is 0 Å². The number of rotatable bonds is 1. The van der Waals surface area contributed by atoms with Crippen molar-refractivity contribution in [2.24, 2.45) is 0 Å². The summed E-state index contributed by atoms with van der Waals surface area (Å²) >= 11 is 0. The molecule has 0 aliphatic heterocycles. The Kier molecular flexibility index (Phi) is 1.74. The first kappa shape index (κ1) is 8.36. The molecule has 0 aliphatic rings. The van der Waals surface area contributed by atoms with Crippen LogP contribution in [0.4, 0.5) is 11.6 Å². The lowest BCUT2D eigenvalue weighted by atomic mass is 10.2. The molecule has 0 saturated heterocycles. The average molecular weight is 192 g/mol. The molecular formula is C8H8N4O2. The Bertz CT molecular complexity index is 466. The predicted molar refractivity (Wildman–Crippen MR) is 50.2 cm³/mol. The van der Waals surface area contributed by atoms with E-state index in [1.165, 1.54) is 6.07 Å². The van der Waals surface area contributed by atoms with Crippen molar-refractivity contribution in [2.75, 3.05) is 11.5 Å². The largest absolute Gasteiger partial charge is 0.507 e. The molecule has 1 aromatic heterocycles. The molecule has 1 aromatic carbocycles. The van der Waals surface area contributed by atoms with E-state index in [9.17, 15) is 5.11 Å². The smallest absolute Gasteiger partial charge is 0.263 e. The van der Waals surface area contributed by atoms with Crippen LogP contribution < -0.4 is 11.5 Å². The number of benzene rings is 1. The Labute approximate surface area is 79.1 Å². The molecule has 0 unspecified atom stereocenters. The molecule has 14 heavy (non-hydrogen) atoms. The Morgan fingerprint density at radius 3 is 2.64 bits per heavy atom. The van der Waals surface area contributed by atoms with Gasteiger partial charge in [0.2, 0.25) is 0 Å². The first-order chi connectivity index (χ1) is 6.66. The lowest BCUT2D eigenvalue weighted by Crippen LogP contribution is -1.87. The minimum absolute atomic E-state index is 0.0198. The van der Waals surface area contributed by atoms with Crippen LogP contribution in [-0.4, -0.2) is 15.2 Å². The maximum absolute atomic E-state index is 9.51. The number of anilines is 2. The summed E-state index contributed by atoms with van der Waals surface area (Å²) in [4.78, 5) is 3.77. The third kappa shape index (κ3) is 1.33. The first-order valence-electron chi connectivity index (χ1n) is 3.85. The lowest BCUT2D eigenvalue weighted by molar-refractivity contribution is 0.426. The highest BCUT2D eigenvalue weighted by Gasteiger charge is 2.11. The SMILES string of the molecule is Nc1ccc(-c2nc(N)no2)c(O)c1. The van der Waals surface area contributed by atoms with E-state index in [0.29, 0.717) is 11.3 Å². The van der Waals surface area contributed by atoms with E-state index in [-0.39, 0.29) is 17.6 Å². The molecule has 2 rings (SSSR count). The van der Waals surface area contributed by atoms with Crippen molar-refractivity contribution in [2.45, 2.75) is 0 Å². The zero-order chi connectivity index (χ0) is 10.1. The van der Waals surface area contributed by atoms with Gasteiger partial charge in [0.25, 0.3) is 11.8 Å². The standard InChI is InChI=1S/C8H8N4O2/c9-4-1-2-5(6(13)3-4)7-11-8(10)12-14-7/h1-3,13H,9H2,(H2,10,12). The number of nitrogen functional groups attached to an aromatic ring is 2. The molecule has 6 heteroatoms. The second-order valence-corrected chi connectivity index (χ2v) is 2.73. The topological polar surface area (TPSA) is 111 Å². The second-order valence-electron chi connectivity index (χ2n) is 2.73. The molecule has 0 spiro atoms. The van der Waals surface area contributed by atoms with Crippen LogP contribution in [0.5, 0.6) is 5.75 Å². The van der Waals surface area contributed by atoms with Crippen molar-refractivity contribution in [1.29, 1.82) is 0 Å². The highest BCUT2D eigenvalue weighted by molar-refractivity contribution is 5.66. The van der Waals surface area contributed by atoms with E-state index >= 15 is 0 Å². The minimum atomic E-state index is -0.0198. The van der Waals surface area contributed by atoms with Gasteiger partial charge in [0.05, 0.1) is 5.56 Å². The third-order valence-electron chi connectivity index (χ3n) is 1.69. The van der Waals surface area contributed by atoms with Crippen LogP contribution in [0.1, 0.15) is 0 Å². The molecule has 0 fully saturated rings.